The van der Waals surface area contributed by atoms with Gasteiger partial charge in [-0.05, 0) is 36.1 Å². The smallest absolute Gasteiger partial charge is 0.180 e. The third kappa shape index (κ3) is 9.34. The fourth-order valence-electron chi connectivity index (χ4n) is 2.27. The molecule has 1 aromatic heterocycles. The first-order chi connectivity index (χ1) is 12.1. The van der Waals surface area contributed by atoms with Crippen molar-refractivity contribution in [3.05, 3.63) is 45.1 Å². The van der Waals surface area contributed by atoms with Gasteiger partial charge in [0.2, 0.25) is 0 Å². The van der Waals surface area contributed by atoms with Gasteiger partial charge < -0.3 is 25.2 Å². The molecule has 1 aromatic carbocycles. The van der Waals surface area contributed by atoms with Crippen LogP contribution in [0.4, 0.5) is 0 Å². The van der Waals surface area contributed by atoms with Crippen LogP contribution in [0.15, 0.2) is 29.6 Å². The molecule has 5 nitrogen and oxygen atoms in total. The predicted molar refractivity (Wildman–Crippen MR) is 117 cm³/mol. The van der Waals surface area contributed by atoms with Crippen molar-refractivity contribution in [3.8, 4) is 11.5 Å². The molecule has 154 valence electrons. The second-order valence-corrected chi connectivity index (χ2v) is 7.15. The lowest BCUT2D eigenvalue weighted by molar-refractivity contribution is 0.191. The number of ether oxygens (including phenoxy) is 2. The monoisotopic (exact) mass is 456 g/mol. The van der Waals surface area contributed by atoms with E-state index in [1.807, 2.05) is 29.6 Å². The summed E-state index contributed by atoms with van der Waals surface area (Å²) in [6, 6.07) is 7.85. The van der Waals surface area contributed by atoms with E-state index in [0.29, 0.717) is 36.2 Å². The fourth-order valence-corrected chi connectivity index (χ4v) is 3.18. The van der Waals surface area contributed by atoms with Crippen molar-refractivity contribution in [2.24, 2.45) is 0 Å². The standard InChI is InChI=1S/C18H25ClN2O3S.2ClH/c1-13(22)10-20-5-6-21-11-14-8-16(19)18(17(9-14)23-2)24-12-15-4-3-7-25-15;;/h3-4,7-9,13,20-22H,5-6,10-12H2,1-2H3;2*1H. The number of aliphatic hydroxyl groups excluding tert-OH is 1. The Labute approximate surface area is 182 Å². The van der Waals surface area contributed by atoms with Crippen molar-refractivity contribution in [1.29, 1.82) is 0 Å². The van der Waals surface area contributed by atoms with Gasteiger partial charge >= 0.3 is 0 Å². The van der Waals surface area contributed by atoms with Gasteiger partial charge in [0, 0.05) is 31.1 Å². The molecule has 9 heteroatoms. The lowest BCUT2D eigenvalue weighted by atomic mass is 10.2. The average molecular weight is 458 g/mol. The highest BCUT2D eigenvalue weighted by Gasteiger charge is 2.12. The average Bonchev–Trinajstić information content (AvgIpc) is 3.09. The summed E-state index contributed by atoms with van der Waals surface area (Å²) in [4.78, 5) is 1.13. The van der Waals surface area contributed by atoms with E-state index in [0.717, 1.165) is 23.5 Å². The van der Waals surface area contributed by atoms with Crippen LogP contribution in [0.5, 0.6) is 11.5 Å². The zero-order valence-electron chi connectivity index (χ0n) is 15.4. The molecule has 1 atom stereocenters. The Morgan fingerprint density at radius 2 is 1.96 bits per heavy atom. The fraction of sp³-hybridized carbons (Fsp3) is 0.444. The second-order valence-electron chi connectivity index (χ2n) is 5.71. The minimum atomic E-state index is -0.329. The van der Waals surface area contributed by atoms with Crippen molar-refractivity contribution in [2.45, 2.75) is 26.2 Å². The van der Waals surface area contributed by atoms with E-state index in [2.05, 4.69) is 10.6 Å². The Bertz CT molecular complexity index is 643. The molecule has 0 amide bonds. The van der Waals surface area contributed by atoms with Crippen LogP contribution in [0.25, 0.3) is 0 Å². The van der Waals surface area contributed by atoms with E-state index in [9.17, 15) is 5.11 Å². The molecule has 27 heavy (non-hydrogen) atoms. The summed E-state index contributed by atoms with van der Waals surface area (Å²) < 4.78 is 11.3. The summed E-state index contributed by atoms with van der Waals surface area (Å²) in [5.41, 5.74) is 1.03. The second kappa shape index (κ2) is 14.3. The molecular weight excluding hydrogens is 431 g/mol. The quantitative estimate of drug-likeness (QED) is 0.447. The molecule has 0 aliphatic heterocycles. The number of halogens is 3. The van der Waals surface area contributed by atoms with Gasteiger partial charge in [0.1, 0.15) is 6.61 Å². The van der Waals surface area contributed by atoms with Crippen LogP contribution in [0.1, 0.15) is 17.4 Å². The lowest BCUT2D eigenvalue weighted by Crippen LogP contribution is -2.31. The highest BCUT2D eigenvalue weighted by atomic mass is 35.5. The molecule has 0 radical (unpaired) electrons. The minimum absolute atomic E-state index is 0. The molecule has 1 unspecified atom stereocenters. The zero-order valence-corrected chi connectivity index (χ0v) is 18.6. The molecule has 0 saturated carbocycles. The molecular formula is C18H27Cl3N2O3S. The largest absolute Gasteiger partial charge is 0.493 e. The first kappa shape index (κ1) is 26.3. The minimum Gasteiger partial charge on any atom is -0.493 e. The summed E-state index contributed by atoms with van der Waals surface area (Å²) in [5, 5.41) is 18.2. The maximum absolute atomic E-state index is 9.18. The molecule has 2 rings (SSSR count). The van der Waals surface area contributed by atoms with E-state index >= 15 is 0 Å². The van der Waals surface area contributed by atoms with E-state index < -0.39 is 0 Å². The summed E-state index contributed by atoms with van der Waals surface area (Å²) in [7, 11) is 1.61. The van der Waals surface area contributed by atoms with E-state index in [1.165, 1.54) is 0 Å². The maximum atomic E-state index is 9.18. The van der Waals surface area contributed by atoms with Crippen molar-refractivity contribution in [3.63, 3.8) is 0 Å². The number of methoxy groups -OCH3 is 1. The third-order valence-corrected chi connectivity index (χ3v) is 4.61. The number of benzene rings is 1. The first-order valence-corrected chi connectivity index (χ1v) is 9.47. The van der Waals surface area contributed by atoms with Gasteiger partial charge in [-0.2, -0.15) is 0 Å². The number of hydrogen-bond acceptors (Lipinski definition) is 6. The number of thiophene rings is 1. The molecule has 2 aromatic rings. The van der Waals surface area contributed by atoms with E-state index in [1.54, 1.807) is 25.4 Å². The molecule has 0 saturated heterocycles. The summed E-state index contributed by atoms with van der Waals surface area (Å²) >= 11 is 8.02. The predicted octanol–water partition coefficient (Wildman–Crippen LogP) is 3.89. The van der Waals surface area contributed by atoms with Crippen molar-refractivity contribution in [2.75, 3.05) is 26.7 Å². The Hall–Kier alpha value is -0.730. The highest BCUT2D eigenvalue weighted by Crippen LogP contribution is 2.37. The number of aliphatic hydroxyl groups is 1. The van der Waals surface area contributed by atoms with Gasteiger partial charge in [-0.15, -0.1) is 36.2 Å². The molecule has 3 N–H and O–H groups in total. The highest BCUT2D eigenvalue weighted by molar-refractivity contribution is 7.09. The first-order valence-electron chi connectivity index (χ1n) is 8.21. The molecule has 0 fully saturated rings. The molecule has 0 aliphatic carbocycles. The normalized spacial score (nSPS) is 11.3. The van der Waals surface area contributed by atoms with E-state index in [-0.39, 0.29) is 30.9 Å². The topological polar surface area (TPSA) is 62.8 Å². The van der Waals surface area contributed by atoms with Crippen LogP contribution in [-0.2, 0) is 13.2 Å². The van der Waals surface area contributed by atoms with Gasteiger partial charge in [-0.3, -0.25) is 0 Å². The van der Waals surface area contributed by atoms with E-state index in [4.69, 9.17) is 21.1 Å². The van der Waals surface area contributed by atoms with Crippen LogP contribution >= 0.6 is 47.8 Å². The Morgan fingerprint density at radius 3 is 2.59 bits per heavy atom. The van der Waals surface area contributed by atoms with Crippen molar-refractivity contribution in [1.82, 2.24) is 10.6 Å². The Balaban J connectivity index is 0.00000338. The number of rotatable bonds is 11. The molecule has 0 spiro atoms. The molecule has 0 aliphatic rings. The number of nitrogens with one attached hydrogen (secondary N) is 2. The van der Waals surface area contributed by atoms with Gasteiger partial charge in [0.15, 0.2) is 11.5 Å². The van der Waals surface area contributed by atoms with Gasteiger partial charge in [0.25, 0.3) is 0 Å². The van der Waals surface area contributed by atoms with Crippen LogP contribution in [0.2, 0.25) is 5.02 Å². The summed E-state index contributed by atoms with van der Waals surface area (Å²) in [6.07, 6.45) is -0.329. The zero-order chi connectivity index (χ0) is 18.1. The Morgan fingerprint density at radius 1 is 1.22 bits per heavy atom. The van der Waals surface area contributed by atoms with Gasteiger partial charge in [0.05, 0.1) is 18.2 Å². The maximum Gasteiger partial charge on any atom is 0.180 e. The summed E-state index contributed by atoms with van der Waals surface area (Å²) in [6.45, 7) is 5.09. The Kier molecular flexibility index (Phi) is 13.9. The molecule has 0 bridgehead atoms. The third-order valence-electron chi connectivity index (χ3n) is 3.48. The van der Waals surface area contributed by atoms with Gasteiger partial charge in [-0.25, -0.2) is 0 Å². The molecule has 1 heterocycles. The van der Waals surface area contributed by atoms with Crippen molar-refractivity contribution < 1.29 is 14.6 Å². The van der Waals surface area contributed by atoms with Crippen LogP contribution in [0.3, 0.4) is 0 Å². The van der Waals surface area contributed by atoms with Gasteiger partial charge in [-0.1, -0.05) is 17.7 Å². The summed E-state index contributed by atoms with van der Waals surface area (Å²) in [5.74, 6) is 1.20. The van der Waals surface area contributed by atoms with Crippen LogP contribution < -0.4 is 20.1 Å². The lowest BCUT2D eigenvalue weighted by Gasteiger charge is -2.14. The van der Waals surface area contributed by atoms with Crippen molar-refractivity contribution >= 4 is 47.8 Å². The van der Waals surface area contributed by atoms with Crippen LogP contribution in [0, 0.1) is 0 Å². The van der Waals surface area contributed by atoms with Crippen LogP contribution in [-0.4, -0.2) is 38.0 Å². The number of hydrogen-bond donors (Lipinski definition) is 3. The SMILES string of the molecule is COc1cc(CNCCNCC(C)O)cc(Cl)c1OCc1cccs1.Cl.Cl.